The van der Waals surface area contributed by atoms with Gasteiger partial charge in [-0.05, 0) is 12.8 Å². The van der Waals surface area contributed by atoms with Gasteiger partial charge in [-0.3, -0.25) is 0 Å². The van der Waals surface area contributed by atoms with Gasteiger partial charge in [0.25, 0.3) is 0 Å². The summed E-state index contributed by atoms with van der Waals surface area (Å²) in [5.41, 5.74) is 0. The molecule has 0 amide bonds. The van der Waals surface area contributed by atoms with Gasteiger partial charge in [0, 0.05) is 13.2 Å². The van der Waals surface area contributed by atoms with E-state index in [9.17, 15) is 0 Å². The molecule has 0 N–H and O–H groups in total. The largest absolute Gasteiger partial charge is 0.379 e. The van der Waals surface area contributed by atoms with E-state index in [4.69, 9.17) is 18.9 Å². The summed E-state index contributed by atoms with van der Waals surface area (Å²) in [6.07, 6.45) is 27.5. The van der Waals surface area contributed by atoms with Crippen LogP contribution in [0.25, 0.3) is 0 Å². The second-order valence-electron chi connectivity index (χ2n) is 9.81. The van der Waals surface area contributed by atoms with E-state index in [1.807, 2.05) is 0 Å². The molecule has 0 fully saturated rings. The fourth-order valence-corrected chi connectivity index (χ4v) is 4.14. The van der Waals surface area contributed by atoms with Crippen molar-refractivity contribution in [3.63, 3.8) is 0 Å². The summed E-state index contributed by atoms with van der Waals surface area (Å²) in [5, 5.41) is 0. The van der Waals surface area contributed by atoms with E-state index in [-0.39, 0.29) is 0 Å². The van der Waals surface area contributed by atoms with Crippen LogP contribution in [0, 0.1) is 0 Å². The quantitative estimate of drug-likeness (QED) is 0.0917. The minimum absolute atomic E-state index is 0.637. The highest BCUT2D eigenvalue weighted by atomic mass is 16.6. The highest BCUT2D eigenvalue weighted by molar-refractivity contribution is 4.50. The molecule has 0 unspecified atom stereocenters. The van der Waals surface area contributed by atoms with Crippen molar-refractivity contribution in [2.24, 2.45) is 0 Å². The van der Waals surface area contributed by atoms with Crippen LogP contribution in [-0.4, -0.2) is 52.9 Å². The van der Waals surface area contributed by atoms with E-state index >= 15 is 0 Å². The minimum Gasteiger partial charge on any atom is -0.379 e. The van der Waals surface area contributed by atoms with Gasteiger partial charge < -0.3 is 18.9 Å². The molecule has 0 aromatic heterocycles. The lowest BCUT2D eigenvalue weighted by Gasteiger charge is -2.07. The van der Waals surface area contributed by atoms with Gasteiger partial charge in [-0.25, -0.2) is 0 Å². The molecule has 0 aliphatic rings. The van der Waals surface area contributed by atoms with E-state index in [2.05, 4.69) is 13.8 Å². The van der Waals surface area contributed by atoms with Gasteiger partial charge in [0.15, 0.2) is 0 Å². The second-order valence-corrected chi connectivity index (χ2v) is 9.81. The van der Waals surface area contributed by atoms with Crippen LogP contribution in [0.15, 0.2) is 0 Å². The van der Waals surface area contributed by atoms with Crippen molar-refractivity contribution in [1.29, 1.82) is 0 Å². The molecular formula is C30H62O4. The highest BCUT2D eigenvalue weighted by Gasteiger charge is 1.96. The number of hydrogen-bond donors (Lipinski definition) is 0. The third-order valence-electron chi connectivity index (χ3n) is 6.40. The lowest BCUT2D eigenvalue weighted by molar-refractivity contribution is -0.00248. The molecule has 0 saturated carbocycles. The summed E-state index contributed by atoms with van der Waals surface area (Å²) in [5.74, 6) is 0. The fourth-order valence-electron chi connectivity index (χ4n) is 4.14. The Balaban J connectivity index is 2.99. The first kappa shape index (κ1) is 33.8. The van der Waals surface area contributed by atoms with E-state index in [1.54, 1.807) is 0 Å². The summed E-state index contributed by atoms with van der Waals surface area (Å²) in [7, 11) is 0. The fraction of sp³-hybridized carbons (Fsp3) is 1.00. The summed E-state index contributed by atoms with van der Waals surface area (Å²) in [6.45, 7) is 10.2. The maximum Gasteiger partial charge on any atom is 0.0701 e. The molecule has 0 aliphatic carbocycles. The van der Waals surface area contributed by atoms with Crippen molar-refractivity contribution in [2.75, 3.05) is 52.9 Å². The van der Waals surface area contributed by atoms with Crippen LogP contribution in [0.3, 0.4) is 0 Å². The Hall–Kier alpha value is -0.160. The van der Waals surface area contributed by atoms with Gasteiger partial charge in [0.05, 0.1) is 39.6 Å². The molecule has 4 heteroatoms. The zero-order valence-electron chi connectivity index (χ0n) is 23.4. The van der Waals surface area contributed by atoms with E-state index in [0.29, 0.717) is 39.6 Å². The smallest absolute Gasteiger partial charge is 0.0701 e. The highest BCUT2D eigenvalue weighted by Crippen LogP contribution is 2.13. The third-order valence-corrected chi connectivity index (χ3v) is 6.40. The Morgan fingerprint density at radius 3 is 0.735 bits per heavy atom. The SMILES string of the molecule is CCCCCCCCCCCCCCCCCCOCCOCCOCCOCCCCCC. The first-order valence-electron chi connectivity index (χ1n) is 15.2. The van der Waals surface area contributed by atoms with E-state index in [0.717, 1.165) is 19.6 Å². The third kappa shape index (κ3) is 31.8. The Kier molecular flexibility index (Phi) is 32.7. The lowest BCUT2D eigenvalue weighted by atomic mass is 10.0. The molecule has 0 spiro atoms. The predicted octanol–water partition coefficient (Wildman–Crippen LogP) is 8.89. The maximum atomic E-state index is 5.67. The first-order valence-corrected chi connectivity index (χ1v) is 15.2. The number of unbranched alkanes of at least 4 members (excludes halogenated alkanes) is 18. The Labute approximate surface area is 214 Å². The van der Waals surface area contributed by atoms with Crippen molar-refractivity contribution in [3.8, 4) is 0 Å². The van der Waals surface area contributed by atoms with Crippen LogP contribution >= 0.6 is 0 Å². The van der Waals surface area contributed by atoms with Gasteiger partial charge in [-0.2, -0.15) is 0 Å². The Morgan fingerprint density at radius 1 is 0.235 bits per heavy atom. The van der Waals surface area contributed by atoms with E-state index in [1.165, 1.54) is 122 Å². The van der Waals surface area contributed by atoms with Crippen molar-refractivity contribution >= 4 is 0 Å². The summed E-state index contributed by atoms with van der Waals surface area (Å²) in [4.78, 5) is 0. The lowest BCUT2D eigenvalue weighted by Crippen LogP contribution is -2.12. The van der Waals surface area contributed by atoms with Crippen molar-refractivity contribution in [1.82, 2.24) is 0 Å². The monoisotopic (exact) mass is 486 g/mol. The van der Waals surface area contributed by atoms with Gasteiger partial charge in [-0.1, -0.05) is 129 Å². The summed E-state index contributed by atoms with van der Waals surface area (Å²) < 4.78 is 22.3. The van der Waals surface area contributed by atoms with Crippen LogP contribution in [0.2, 0.25) is 0 Å². The number of rotatable bonds is 31. The average molecular weight is 487 g/mol. The van der Waals surface area contributed by atoms with Gasteiger partial charge in [0.2, 0.25) is 0 Å². The molecule has 0 aromatic carbocycles. The molecule has 4 nitrogen and oxygen atoms in total. The molecule has 0 saturated heterocycles. The molecule has 0 bridgehead atoms. The van der Waals surface area contributed by atoms with Crippen LogP contribution in [0.4, 0.5) is 0 Å². The van der Waals surface area contributed by atoms with Crippen LogP contribution in [0.1, 0.15) is 142 Å². The Morgan fingerprint density at radius 2 is 0.441 bits per heavy atom. The van der Waals surface area contributed by atoms with Gasteiger partial charge in [0.1, 0.15) is 0 Å². The molecular weight excluding hydrogens is 424 g/mol. The summed E-state index contributed by atoms with van der Waals surface area (Å²) in [6, 6.07) is 0. The average Bonchev–Trinajstić information content (AvgIpc) is 2.85. The number of ether oxygens (including phenoxy) is 4. The topological polar surface area (TPSA) is 36.9 Å². The van der Waals surface area contributed by atoms with E-state index < -0.39 is 0 Å². The first-order chi connectivity index (χ1) is 16.9. The zero-order valence-corrected chi connectivity index (χ0v) is 23.4. The predicted molar refractivity (Wildman–Crippen MR) is 147 cm³/mol. The van der Waals surface area contributed by atoms with Gasteiger partial charge >= 0.3 is 0 Å². The normalized spacial score (nSPS) is 11.5. The minimum atomic E-state index is 0.637. The van der Waals surface area contributed by atoms with Crippen LogP contribution in [0.5, 0.6) is 0 Å². The maximum absolute atomic E-state index is 5.67. The Bertz CT molecular complexity index is 306. The van der Waals surface area contributed by atoms with Crippen molar-refractivity contribution < 1.29 is 18.9 Å². The molecule has 0 aromatic rings. The standard InChI is InChI=1S/C30H62O4/c1-3-5-7-9-10-11-12-13-14-15-16-17-18-19-20-22-24-32-26-28-34-30-29-33-27-25-31-23-21-8-6-4-2/h3-30H2,1-2H3. The molecule has 0 rings (SSSR count). The molecule has 0 radical (unpaired) electrons. The van der Waals surface area contributed by atoms with Crippen LogP contribution < -0.4 is 0 Å². The molecule has 206 valence electrons. The summed E-state index contributed by atoms with van der Waals surface area (Å²) >= 11 is 0. The molecule has 34 heavy (non-hydrogen) atoms. The molecule has 0 heterocycles. The zero-order chi connectivity index (χ0) is 24.6. The van der Waals surface area contributed by atoms with Crippen LogP contribution in [-0.2, 0) is 18.9 Å². The van der Waals surface area contributed by atoms with Crippen molar-refractivity contribution in [2.45, 2.75) is 142 Å². The molecule has 0 aliphatic heterocycles. The second kappa shape index (κ2) is 32.8. The van der Waals surface area contributed by atoms with Gasteiger partial charge in [-0.15, -0.1) is 0 Å². The molecule has 0 atom stereocenters. The van der Waals surface area contributed by atoms with Crippen molar-refractivity contribution in [3.05, 3.63) is 0 Å². The number of hydrogen-bond acceptors (Lipinski definition) is 4.